The number of carbonyl (C=O) groups excluding carboxylic acids is 2. The monoisotopic (exact) mass is 535 g/mol. The fourth-order valence-corrected chi connectivity index (χ4v) is 5.34. The Kier molecular flexibility index (Phi) is 5.71. The van der Waals surface area contributed by atoms with Gasteiger partial charge < -0.3 is 20.1 Å². The molecule has 1 fully saturated rings. The highest BCUT2D eigenvalue weighted by atomic mass is 79.9. The predicted octanol–water partition coefficient (Wildman–Crippen LogP) is 5.71. The second-order valence-corrected chi connectivity index (χ2v) is 9.98. The van der Waals surface area contributed by atoms with Crippen LogP contribution in [0.1, 0.15) is 29.7 Å². The number of urea groups is 1. The standard InChI is InChI=1S/C27H26BrN3O4/c1-15-8-13-20(16(2)14-15)29-25(32)22-23-19-6-5-7-21(34-4)24(19)35-27(22,3)31(26(33)30-23)18-11-9-17(28)10-12-18/h5-14,22-23H,1-4H3,(H,29,32)(H,30,33)/t22-,23-,27+/m1/s1. The smallest absolute Gasteiger partial charge is 0.325 e. The van der Waals surface area contributed by atoms with Gasteiger partial charge in [0, 0.05) is 21.4 Å². The lowest BCUT2D eigenvalue weighted by Gasteiger charge is -2.54. The molecule has 3 atom stereocenters. The first-order chi connectivity index (χ1) is 16.7. The number of carbonyl (C=O) groups is 2. The number of hydrogen-bond donors (Lipinski definition) is 2. The third-order valence-corrected chi connectivity index (χ3v) is 7.25. The van der Waals surface area contributed by atoms with Crippen molar-refractivity contribution in [2.45, 2.75) is 32.5 Å². The minimum absolute atomic E-state index is 0.250. The number of methoxy groups -OCH3 is 1. The maximum atomic E-state index is 13.9. The molecule has 3 aromatic rings. The molecule has 5 rings (SSSR count). The van der Waals surface area contributed by atoms with Crippen molar-refractivity contribution in [1.29, 1.82) is 0 Å². The van der Waals surface area contributed by atoms with Gasteiger partial charge in [0.15, 0.2) is 11.5 Å². The Morgan fingerprint density at radius 2 is 1.89 bits per heavy atom. The zero-order valence-corrected chi connectivity index (χ0v) is 21.5. The van der Waals surface area contributed by atoms with Crippen molar-refractivity contribution in [3.05, 3.63) is 81.8 Å². The summed E-state index contributed by atoms with van der Waals surface area (Å²) in [6.45, 7) is 5.75. The molecule has 35 heavy (non-hydrogen) atoms. The molecule has 3 amide bonds. The molecule has 7 nitrogen and oxygen atoms in total. The van der Waals surface area contributed by atoms with Gasteiger partial charge in [-0.1, -0.05) is 45.8 Å². The molecule has 0 unspecified atom stereocenters. The van der Waals surface area contributed by atoms with Crippen LogP contribution in [0, 0.1) is 19.8 Å². The van der Waals surface area contributed by atoms with Crippen molar-refractivity contribution in [3.8, 4) is 11.5 Å². The molecule has 8 heteroatoms. The van der Waals surface area contributed by atoms with Crippen molar-refractivity contribution in [2.75, 3.05) is 17.3 Å². The van der Waals surface area contributed by atoms with Gasteiger partial charge in [0.05, 0.1) is 13.2 Å². The van der Waals surface area contributed by atoms with Crippen molar-refractivity contribution in [2.24, 2.45) is 5.92 Å². The van der Waals surface area contributed by atoms with Crippen molar-refractivity contribution in [3.63, 3.8) is 0 Å². The van der Waals surface area contributed by atoms with Crippen LogP contribution in [-0.4, -0.2) is 24.8 Å². The average Bonchev–Trinajstić information content (AvgIpc) is 2.81. The second kappa shape index (κ2) is 8.61. The first kappa shape index (κ1) is 23.2. The van der Waals surface area contributed by atoms with Crippen LogP contribution in [0.2, 0.25) is 0 Å². The summed E-state index contributed by atoms with van der Waals surface area (Å²) in [7, 11) is 1.57. The molecule has 2 aliphatic heterocycles. The van der Waals surface area contributed by atoms with Gasteiger partial charge in [-0.05, 0) is 62.7 Å². The summed E-state index contributed by atoms with van der Waals surface area (Å²) in [5, 5.41) is 6.14. The van der Waals surface area contributed by atoms with Gasteiger partial charge in [0.25, 0.3) is 0 Å². The Balaban J connectivity index is 1.64. The fraction of sp³-hybridized carbons (Fsp3) is 0.259. The molecule has 2 N–H and O–H groups in total. The summed E-state index contributed by atoms with van der Waals surface area (Å²) in [4.78, 5) is 28.9. The molecule has 1 saturated heterocycles. The van der Waals surface area contributed by atoms with Gasteiger partial charge in [0.1, 0.15) is 5.92 Å². The molecule has 2 heterocycles. The third-order valence-electron chi connectivity index (χ3n) is 6.72. The molecule has 180 valence electrons. The number of aryl methyl sites for hydroxylation is 2. The quantitative estimate of drug-likeness (QED) is 0.448. The number of para-hydroxylation sites is 1. The number of anilines is 2. The first-order valence-corrected chi connectivity index (χ1v) is 12.1. The van der Waals surface area contributed by atoms with Gasteiger partial charge in [0.2, 0.25) is 11.6 Å². The van der Waals surface area contributed by atoms with Crippen LogP contribution in [0.5, 0.6) is 11.5 Å². The van der Waals surface area contributed by atoms with Gasteiger partial charge in [-0.15, -0.1) is 0 Å². The van der Waals surface area contributed by atoms with E-state index in [0.717, 1.165) is 21.3 Å². The molecule has 0 aliphatic carbocycles. The van der Waals surface area contributed by atoms with E-state index in [-0.39, 0.29) is 11.9 Å². The maximum absolute atomic E-state index is 13.9. The van der Waals surface area contributed by atoms with E-state index < -0.39 is 17.7 Å². The molecule has 2 aliphatic rings. The third kappa shape index (κ3) is 3.82. The number of nitrogens with zero attached hydrogens (tertiary/aromatic N) is 1. The predicted molar refractivity (Wildman–Crippen MR) is 138 cm³/mol. The summed E-state index contributed by atoms with van der Waals surface area (Å²) in [5.41, 5.74) is 2.77. The van der Waals surface area contributed by atoms with Crippen LogP contribution >= 0.6 is 15.9 Å². The number of amides is 3. The number of halogens is 1. The van der Waals surface area contributed by atoms with E-state index in [1.807, 2.05) is 68.4 Å². The lowest BCUT2D eigenvalue weighted by atomic mass is 9.78. The van der Waals surface area contributed by atoms with E-state index in [1.165, 1.54) is 4.90 Å². The minimum Gasteiger partial charge on any atom is -0.493 e. The number of rotatable bonds is 4. The Morgan fingerprint density at radius 1 is 1.14 bits per heavy atom. The minimum atomic E-state index is -1.33. The van der Waals surface area contributed by atoms with Gasteiger partial charge in [-0.2, -0.15) is 0 Å². The summed E-state index contributed by atoms with van der Waals surface area (Å²) >= 11 is 3.44. The molecule has 2 bridgehead atoms. The Hall–Kier alpha value is -3.52. The van der Waals surface area contributed by atoms with E-state index in [9.17, 15) is 9.59 Å². The average molecular weight is 536 g/mol. The Morgan fingerprint density at radius 3 is 2.57 bits per heavy atom. The van der Waals surface area contributed by atoms with Crippen molar-refractivity contribution < 1.29 is 19.1 Å². The van der Waals surface area contributed by atoms with E-state index in [2.05, 4.69) is 26.6 Å². The lowest BCUT2D eigenvalue weighted by molar-refractivity contribution is -0.131. The van der Waals surface area contributed by atoms with E-state index >= 15 is 0 Å². The number of benzene rings is 3. The molecule has 3 aromatic carbocycles. The molecular weight excluding hydrogens is 510 g/mol. The number of hydrogen-bond acceptors (Lipinski definition) is 4. The van der Waals surface area contributed by atoms with Crippen LogP contribution < -0.4 is 25.0 Å². The summed E-state index contributed by atoms with van der Waals surface area (Å²) in [6, 6.07) is 17.7. The largest absolute Gasteiger partial charge is 0.493 e. The molecule has 0 radical (unpaired) electrons. The zero-order chi connectivity index (χ0) is 24.9. The van der Waals surface area contributed by atoms with Crippen molar-refractivity contribution >= 4 is 39.2 Å². The molecule has 0 spiro atoms. The number of nitrogens with one attached hydrogen (secondary N) is 2. The van der Waals surface area contributed by atoms with Crippen LogP contribution in [0.15, 0.2) is 65.1 Å². The van der Waals surface area contributed by atoms with Crippen LogP contribution in [-0.2, 0) is 4.79 Å². The molecule has 0 aromatic heterocycles. The van der Waals surface area contributed by atoms with E-state index in [0.29, 0.717) is 22.7 Å². The van der Waals surface area contributed by atoms with Crippen LogP contribution in [0.25, 0.3) is 0 Å². The highest BCUT2D eigenvalue weighted by molar-refractivity contribution is 9.10. The highest BCUT2D eigenvalue weighted by Crippen LogP contribution is 2.52. The number of ether oxygens (including phenoxy) is 2. The van der Waals surface area contributed by atoms with Gasteiger partial charge >= 0.3 is 6.03 Å². The highest BCUT2D eigenvalue weighted by Gasteiger charge is 2.60. The first-order valence-electron chi connectivity index (χ1n) is 11.3. The second-order valence-electron chi connectivity index (χ2n) is 9.06. The zero-order valence-electron chi connectivity index (χ0n) is 19.9. The van der Waals surface area contributed by atoms with Crippen LogP contribution in [0.3, 0.4) is 0 Å². The Bertz CT molecular complexity index is 1330. The van der Waals surface area contributed by atoms with Crippen molar-refractivity contribution in [1.82, 2.24) is 5.32 Å². The SMILES string of the molecule is COc1cccc2c1O[C@@]1(C)[C@@H](C(=O)Nc3ccc(C)cc3C)[C@@H]2NC(=O)N1c1ccc(Br)cc1. The maximum Gasteiger partial charge on any atom is 0.325 e. The topological polar surface area (TPSA) is 79.9 Å². The molecule has 0 saturated carbocycles. The number of fused-ring (bicyclic) bond motifs is 4. The van der Waals surface area contributed by atoms with E-state index in [4.69, 9.17) is 9.47 Å². The Labute approximate surface area is 212 Å². The van der Waals surface area contributed by atoms with Gasteiger partial charge in [-0.25, -0.2) is 4.79 Å². The van der Waals surface area contributed by atoms with E-state index in [1.54, 1.807) is 20.1 Å². The fourth-order valence-electron chi connectivity index (χ4n) is 5.07. The summed E-state index contributed by atoms with van der Waals surface area (Å²) in [6.07, 6.45) is 0. The summed E-state index contributed by atoms with van der Waals surface area (Å²) < 4.78 is 13.0. The normalized spacial score (nSPS) is 22.5. The van der Waals surface area contributed by atoms with Crippen LogP contribution in [0.4, 0.5) is 16.2 Å². The van der Waals surface area contributed by atoms with Gasteiger partial charge in [-0.3, -0.25) is 9.69 Å². The lowest BCUT2D eigenvalue weighted by Crippen LogP contribution is -2.72. The molecular formula is C27H26BrN3O4. The summed E-state index contributed by atoms with van der Waals surface area (Å²) in [5.74, 6) is 0.0447.